The van der Waals surface area contributed by atoms with Crippen molar-refractivity contribution in [2.75, 3.05) is 11.1 Å². The van der Waals surface area contributed by atoms with E-state index in [0.29, 0.717) is 23.3 Å². The standard InChI is InChI=1S/C16H13BrFN3O3S/c17-13-8-7-12(23-13)15-20-21-16(24-15)19-14(22)2-1-9-25-11-5-3-10(18)4-6-11/h3-8H,1-2,9H2,(H,19,21,22). The first-order valence-corrected chi connectivity index (χ1v) is 9.15. The Kier molecular flexibility index (Phi) is 5.87. The van der Waals surface area contributed by atoms with Crippen molar-refractivity contribution in [1.82, 2.24) is 10.2 Å². The van der Waals surface area contributed by atoms with E-state index in [9.17, 15) is 9.18 Å². The summed E-state index contributed by atoms with van der Waals surface area (Å²) >= 11 is 4.75. The fourth-order valence-electron chi connectivity index (χ4n) is 1.94. The number of amides is 1. The van der Waals surface area contributed by atoms with Crippen LogP contribution in [0.2, 0.25) is 0 Å². The van der Waals surface area contributed by atoms with Gasteiger partial charge < -0.3 is 8.83 Å². The molecule has 0 saturated carbocycles. The van der Waals surface area contributed by atoms with Crippen molar-refractivity contribution in [3.05, 3.63) is 46.9 Å². The summed E-state index contributed by atoms with van der Waals surface area (Å²) in [6.07, 6.45) is 0.984. The Labute approximate surface area is 155 Å². The van der Waals surface area contributed by atoms with E-state index in [4.69, 9.17) is 8.83 Å². The van der Waals surface area contributed by atoms with Crippen LogP contribution in [0.4, 0.5) is 10.4 Å². The molecular formula is C16H13BrFN3O3S. The zero-order valence-corrected chi connectivity index (χ0v) is 15.3. The highest BCUT2D eigenvalue weighted by Gasteiger charge is 2.14. The predicted octanol–water partition coefficient (Wildman–Crippen LogP) is 4.74. The molecular weight excluding hydrogens is 413 g/mol. The number of benzene rings is 1. The van der Waals surface area contributed by atoms with Gasteiger partial charge in [0.15, 0.2) is 10.4 Å². The molecule has 2 aromatic heterocycles. The van der Waals surface area contributed by atoms with Crippen LogP contribution in [0.5, 0.6) is 0 Å². The summed E-state index contributed by atoms with van der Waals surface area (Å²) in [5, 5.41) is 10.1. The van der Waals surface area contributed by atoms with E-state index < -0.39 is 0 Å². The van der Waals surface area contributed by atoms with Crippen molar-refractivity contribution in [3.8, 4) is 11.7 Å². The Balaban J connectivity index is 1.42. The largest absolute Gasteiger partial charge is 0.444 e. The lowest BCUT2D eigenvalue weighted by Gasteiger charge is -2.02. The minimum absolute atomic E-state index is 0.0266. The van der Waals surface area contributed by atoms with Crippen LogP contribution in [0.1, 0.15) is 12.8 Å². The summed E-state index contributed by atoms with van der Waals surface area (Å²) in [5.41, 5.74) is 0. The van der Waals surface area contributed by atoms with Gasteiger partial charge >= 0.3 is 6.01 Å². The van der Waals surface area contributed by atoms with Gasteiger partial charge in [-0.15, -0.1) is 16.9 Å². The van der Waals surface area contributed by atoms with Gasteiger partial charge in [-0.05, 0) is 64.5 Å². The van der Waals surface area contributed by atoms with E-state index in [1.165, 1.54) is 12.1 Å². The average molecular weight is 426 g/mol. The predicted molar refractivity (Wildman–Crippen MR) is 94.7 cm³/mol. The summed E-state index contributed by atoms with van der Waals surface area (Å²) in [6, 6.07) is 9.67. The van der Waals surface area contributed by atoms with Crippen LogP contribution in [-0.4, -0.2) is 21.9 Å². The molecule has 6 nitrogen and oxygen atoms in total. The third-order valence-corrected chi connectivity index (χ3v) is 4.61. The molecule has 3 aromatic rings. The number of rotatable bonds is 7. The van der Waals surface area contributed by atoms with E-state index in [1.54, 1.807) is 36.0 Å². The van der Waals surface area contributed by atoms with Gasteiger partial charge in [-0.1, -0.05) is 5.10 Å². The Morgan fingerprint density at radius 2 is 1.96 bits per heavy atom. The molecule has 25 heavy (non-hydrogen) atoms. The number of hydrogen-bond donors (Lipinski definition) is 1. The van der Waals surface area contributed by atoms with E-state index >= 15 is 0 Å². The molecule has 0 aliphatic heterocycles. The molecule has 0 radical (unpaired) electrons. The molecule has 3 rings (SSSR count). The molecule has 9 heteroatoms. The van der Waals surface area contributed by atoms with Gasteiger partial charge in [0.05, 0.1) is 0 Å². The number of halogens is 2. The maximum atomic E-state index is 12.8. The van der Waals surface area contributed by atoms with Crippen molar-refractivity contribution in [2.45, 2.75) is 17.7 Å². The molecule has 0 spiro atoms. The first-order valence-electron chi connectivity index (χ1n) is 7.37. The normalized spacial score (nSPS) is 10.8. The molecule has 130 valence electrons. The molecule has 0 unspecified atom stereocenters. The van der Waals surface area contributed by atoms with Gasteiger partial charge in [0, 0.05) is 11.3 Å². The van der Waals surface area contributed by atoms with Gasteiger partial charge in [0.2, 0.25) is 5.91 Å². The molecule has 1 amide bonds. The second kappa shape index (κ2) is 8.30. The minimum Gasteiger partial charge on any atom is -0.444 e. The van der Waals surface area contributed by atoms with Gasteiger partial charge in [-0.25, -0.2) is 4.39 Å². The van der Waals surface area contributed by atoms with Crippen molar-refractivity contribution >= 4 is 39.6 Å². The second-order valence-corrected chi connectivity index (χ2v) is 6.92. The quantitative estimate of drug-likeness (QED) is 0.434. The average Bonchev–Trinajstić information content (AvgIpc) is 3.22. The van der Waals surface area contributed by atoms with Crippen molar-refractivity contribution < 1.29 is 18.0 Å². The van der Waals surface area contributed by atoms with Gasteiger partial charge in [0.1, 0.15) is 5.82 Å². The number of carbonyl (C=O) groups is 1. The molecule has 0 bridgehead atoms. The van der Waals surface area contributed by atoms with Crippen LogP contribution in [0, 0.1) is 5.82 Å². The molecule has 0 aliphatic rings. The number of anilines is 1. The van der Waals surface area contributed by atoms with Crippen LogP contribution in [-0.2, 0) is 4.79 Å². The van der Waals surface area contributed by atoms with Crippen LogP contribution in [0.15, 0.2) is 54.8 Å². The lowest BCUT2D eigenvalue weighted by molar-refractivity contribution is -0.116. The second-order valence-electron chi connectivity index (χ2n) is 4.97. The summed E-state index contributed by atoms with van der Waals surface area (Å²) in [6.45, 7) is 0. The Morgan fingerprint density at radius 1 is 1.16 bits per heavy atom. The molecule has 1 aromatic carbocycles. The maximum absolute atomic E-state index is 12.8. The number of furan rings is 1. The first kappa shape index (κ1) is 17.7. The topological polar surface area (TPSA) is 81.2 Å². The fraction of sp³-hybridized carbons (Fsp3) is 0.188. The summed E-state index contributed by atoms with van der Waals surface area (Å²) in [5.74, 6) is 0.873. The van der Waals surface area contributed by atoms with Crippen LogP contribution >= 0.6 is 27.7 Å². The fourth-order valence-corrected chi connectivity index (χ4v) is 3.10. The van der Waals surface area contributed by atoms with Crippen LogP contribution < -0.4 is 5.32 Å². The molecule has 1 N–H and O–H groups in total. The van der Waals surface area contributed by atoms with Gasteiger partial charge in [-0.3, -0.25) is 10.1 Å². The highest BCUT2D eigenvalue weighted by Crippen LogP contribution is 2.25. The number of nitrogens with one attached hydrogen (secondary N) is 1. The van der Waals surface area contributed by atoms with Gasteiger partial charge in [-0.2, -0.15) is 0 Å². The van der Waals surface area contributed by atoms with Crippen LogP contribution in [0.25, 0.3) is 11.7 Å². The molecule has 0 saturated heterocycles. The summed E-state index contributed by atoms with van der Waals surface area (Å²) in [7, 11) is 0. The number of hydrogen-bond acceptors (Lipinski definition) is 6. The highest BCUT2D eigenvalue weighted by molar-refractivity contribution is 9.10. The Bertz CT molecular complexity index is 850. The van der Waals surface area contributed by atoms with E-state index in [-0.39, 0.29) is 23.6 Å². The number of carbonyl (C=O) groups excluding carboxylic acids is 1. The number of nitrogens with zero attached hydrogens (tertiary/aromatic N) is 2. The summed E-state index contributed by atoms with van der Waals surface area (Å²) in [4.78, 5) is 12.9. The number of aromatic nitrogens is 2. The van der Waals surface area contributed by atoms with E-state index in [2.05, 4.69) is 31.4 Å². The van der Waals surface area contributed by atoms with Crippen molar-refractivity contribution in [1.29, 1.82) is 0 Å². The smallest absolute Gasteiger partial charge is 0.322 e. The van der Waals surface area contributed by atoms with E-state index in [0.717, 1.165) is 10.6 Å². The lowest BCUT2D eigenvalue weighted by Crippen LogP contribution is -2.11. The minimum atomic E-state index is -0.260. The van der Waals surface area contributed by atoms with Crippen molar-refractivity contribution in [2.24, 2.45) is 0 Å². The number of thioether (sulfide) groups is 1. The zero-order chi connectivity index (χ0) is 17.6. The van der Waals surface area contributed by atoms with Crippen molar-refractivity contribution in [3.63, 3.8) is 0 Å². The third kappa shape index (κ3) is 5.17. The SMILES string of the molecule is O=C(CCCSc1ccc(F)cc1)Nc1nnc(-c2ccc(Br)o2)o1. The zero-order valence-electron chi connectivity index (χ0n) is 12.9. The van der Waals surface area contributed by atoms with Crippen LogP contribution in [0.3, 0.4) is 0 Å². The summed E-state index contributed by atoms with van der Waals surface area (Å²) < 4.78 is 24.0. The monoisotopic (exact) mass is 425 g/mol. The molecule has 0 aliphatic carbocycles. The van der Waals surface area contributed by atoms with Gasteiger partial charge in [0.25, 0.3) is 5.89 Å². The Hall–Kier alpha value is -2.13. The third-order valence-electron chi connectivity index (χ3n) is 3.09. The van der Waals surface area contributed by atoms with E-state index in [1.807, 2.05) is 0 Å². The molecule has 2 heterocycles. The Morgan fingerprint density at radius 3 is 2.68 bits per heavy atom. The first-order chi connectivity index (χ1) is 12.1. The highest BCUT2D eigenvalue weighted by atomic mass is 79.9. The molecule has 0 fully saturated rings. The maximum Gasteiger partial charge on any atom is 0.322 e. The molecule has 0 atom stereocenters. The lowest BCUT2D eigenvalue weighted by atomic mass is 10.3.